The molecule has 0 radical (unpaired) electrons. The Kier molecular flexibility index (Phi) is 7.82. The molecule has 0 saturated heterocycles. The molecule has 0 saturated carbocycles. The molecular weight excluding hydrogens is 443 g/mol. The van der Waals surface area contributed by atoms with Crippen molar-refractivity contribution in [3.8, 4) is 0 Å². The summed E-state index contributed by atoms with van der Waals surface area (Å²) < 4.78 is 46.0. The lowest BCUT2D eigenvalue weighted by atomic mass is 10.2. The molecule has 0 bridgehead atoms. The summed E-state index contributed by atoms with van der Waals surface area (Å²) in [4.78, 5) is 14.4. The normalized spacial score (nSPS) is 11.4. The minimum Gasteiger partial charge on any atom is -0.383 e. The summed E-state index contributed by atoms with van der Waals surface area (Å²) in [6, 6.07) is 15.3. The average Bonchev–Trinajstić information content (AvgIpc) is 3.19. The number of rotatable bonds is 8. The molecule has 1 heterocycles. The standard InChI is InChI=1S/C23H23ClF3N3O2/c1-32-13-12-30(22(31)28-19-8-4-7-18(14-19)23(25,26)27)16-20-9-5-11-29(20)15-17-6-2-3-10-21(17)24/h2-11,14H,12-13,15-16H2,1H3,(H,28,31). The number of ether oxygens (including phenoxy) is 1. The van der Waals surface area contributed by atoms with Gasteiger partial charge in [0, 0.05) is 42.8 Å². The number of benzene rings is 2. The first-order chi connectivity index (χ1) is 15.3. The lowest BCUT2D eigenvalue weighted by Crippen LogP contribution is -2.37. The number of carbonyl (C=O) groups is 1. The zero-order chi connectivity index (χ0) is 23.1. The highest BCUT2D eigenvalue weighted by Gasteiger charge is 2.30. The molecule has 1 aromatic heterocycles. The van der Waals surface area contributed by atoms with Crippen LogP contribution in [-0.4, -0.2) is 35.8 Å². The fraction of sp³-hybridized carbons (Fsp3) is 0.261. The second kappa shape index (κ2) is 10.6. The number of anilines is 1. The van der Waals surface area contributed by atoms with E-state index in [2.05, 4.69) is 5.32 Å². The van der Waals surface area contributed by atoms with Gasteiger partial charge in [0.05, 0.1) is 18.7 Å². The maximum Gasteiger partial charge on any atom is 0.416 e. The Bertz CT molecular complexity index is 1050. The second-order valence-electron chi connectivity index (χ2n) is 7.14. The molecule has 5 nitrogen and oxygen atoms in total. The number of alkyl halides is 3. The van der Waals surface area contributed by atoms with Crippen LogP contribution in [0, 0.1) is 0 Å². The molecule has 0 spiro atoms. The number of hydrogen-bond acceptors (Lipinski definition) is 2. The van der Waals surface area contributed by atoms with Crippen molar-refractivity contribution in [2.45, 2.75) is 19.3 Å². The van der Waals surface area contributed by atoms with Gasteiger partial charge in [-0.1, -0.05) is 35.9 Å². The SMILES string of the molecule is COCCN(Cc1cccn1Cc1ccccc1Cl)C(=O)Nc1cccc(C(F)(F)F)c1. The smallest absolute Gasteiger partial charge is 0.383 e. The third kappa shape index (κ3) is 6.27. The van der Waals surface area contributed by atoms with E-state index in [1.807, 2.05) is 47.2 Å². The van der Waals surface area contributed by atoms with Gasteiger partial charge in [-0.3, -0.25) is 0 Å². The lowest BCUT2D eigenvalue weighted by molar-refractivity contribution is -0.137. The predicted octanol–water partition coefficient (Wildman–Crippen LogP) is 5.89. The van der Waals surface area contributed by atoms with E-state index >= 15 is 0 Å². The first-order valence-corrected chi connectivity index (χ1v) is 10.3. The number of nitrogens with zero attached hydrogens (tertiary/aromatic N) is 2. The number of amides is 2. The van der Waals surface area contributed by atoms with Crippen molar-refractivity contribution >= 4 is 23.3 Å². The number of hydrogen-bond donors (Lipinski definition) is 1. The summed E-state index contributed by atoms with van der Waals surface area (Å²) in [6.45, 7) is 1.31. The Morgan fingerprint density at radius 2 is 1.91 bits per heavy atom. The molecule has 2 aromatic carbocycles. The highest BCUT2D eigenvalue weighted by atomic mass is 35.5. The highest BCUT2D eigenvalue weighted by Crippen LogP contribution is 2.30. The molecule has 2 amide bonds. The van der Waals surface area contributed by atoms with Crippen molar-refractivity contribution in [1.29, 1.82) is 0 Å². The third-order valence-electron chi connectivity index (χ3n) is 4.87. The number of halogens is 4. The number of nitrogens with one attached hydrogen (secondary N) is 1. The Labute approximate surface area is 189 Å². The van der Waals surface area contributed by atoms with E-state index in [0.717, 1.165) is 23.4 Å². The summed E-state index contributed by atoms with van der Waals surface area (Å²) in [7, 11) is 1.52. The van der Waals surface area contributed by atoms with E-state index in [4.69, 9.17) is 16.3 Å². The predicted molar refractivity (Wildman–Crippen MR) is 118 cm³/mol. The molecule has 1 N–H and O–H groups in total. The third-order valence-corrected chi connectivity index (χ3v) is 5.24. The zero-order valence-electron chi connectivity index (χ0n) is 17.4. The van der Waals surface area contributed by atoms with Gasteiger partial charge in [0.15, 0.2) is 0 Å². The quantitative estimate of drug-likeness (QED) is 0.451. The van der Waals surface area contributed by atoms with Crippen LogP contribution in [0.15, 0.2) is 66.9 Å². The summed E-state index contributed by atoms with van der Waals surface area (Å²) in [5.41, 5.74) is 1.02. The molecule has 0 atom stereocenters. The Morgan fingerprint density at radius 1 is 1.12 bits per heavy atom. The monoisotopic (exact) mass is 465 g/mol. The highest BCUT2D eigenvalue weighted by molar-refractivity contribution is 6.31. The first-order valence-electron chi connectivity index (χ1n) is 9.87. The first kappa shape index (κ1) is 23.7. The lowest BCUT2D eigenvalue weighted by Gasteiger charge is -2.24. The number of methoxy groups -OCH3 is 1. The summed E-state index contributed by atoms with van der Waals surface area (Å²) in [5, 5.41) is 3.20. The number of carbonyl (C=O) groups excluding carboxylic acids is 1. The van der Waals surface area contributed by atoms with Crippen LogP contribution in [0.2, 0.25) is 5.02 Å². The van der Waals surface area contributed by atoms with Crippen LogP contribution >= 0.6 is 11.6 Å². The van der Waals surface area contributed by atoms with E-state index in [1.54, 1.807) is 0 Å². The molecule has 32 heavy (non-hydrogen) atoms. The van der Waals surface area contributed by atoms with Gasteiger partial charge in [0.2, 0.25) is 0 Å². The van der Waals surface area contributed by atoms with Gasteiger partial charge < -0.3 is 19.5 Å². The van der Waals surface area contributed by atoms with E-state index in [1.165, 1.54) is 24.1 Å². The van der Waals surface area contributed by atoms with Crippen LogP contribution in [0.5, 0.6) is 0 Å². The molecule has 3 rings (SSSR count). The van der Waals surface area contributed by atoms with Gasteiger partial charge in [-0.15, -0.1) is 0 Å². The zero-order valence-corrected chi connectivity index (χ0v) is 18.2. The fourth-order valence-corrected chi connectivity index (χ4v) is 3.38. The number of urea groups is 1. The molecule has 0 fully saturated rings. The van der Waals surface area contributed by atoms with Crippen molar-refractivity contribution in [2.24, 2.45) is 0 Å². The minimum atomic E-state index is -4.49. The van der Waals surface area contributed by atoms with Crippen molar-refractivity contribution in [1.82, 2.24) is 9.47 Å². The van der Waals surface area contributed by atoms with E-state index in [9.17, 15) is 18.0 Å². The van der Waals surface area contributed by atoms with Crippen LogP contribution in [0.25, 0.3) is 0 Å². The molecule has 170 valence electrons. The van der Waals surface area contributed by atoms with E-state index < -0.39 is 17.8 Å². The Morgan fingerprint density at radius 3 is 2.62 bits per heavy atom. The molecule has 3 aromatic rings. The maximum atomic E-state index is 13.0. The maximum absolute atomic E-state index is 13.0. The molecular formula is C23H23ClF3N3O2. The largest absolute Gasteiger partial charge is 0.416 e. The van der Waals surface area contributed by atoms with Crippen LogP contribution in [-0.2, 0) is 24.0 Å². The molecule has 0 aliphatic rings. The minimum absolute atomic E-state index is 0.0682. The van der Waals surface area contributed by atoms with Crippen molar-refractivity contribution < 1.29 is 22.7 Å². The van der Waals surface area contributed by atoms with Crippen molar-refractivity contribution in [3.63, 3.8) is 0 Å². The van der Waals surface area contributed by atoms with Crippen LogP contribution in [0.1, 0.15) is 16.8 Å². The van der Waals surface area contributed by atoms with Crippen LogP contribution < -0.4 is 5.32 Å². The Balaban J connectivity index is 1.76. The van der Waals surface area contributed by atoms with Gasteiger partial charge in [0.25, 0.3) is 0 Å². The van der Waals surface area contributed by atoms with Gasteiger partial charge in [-0.05, 0) is 42.0 Å². The van der Waals surface area contributed by atoms with E-state index in [-0.39, 0.29) is 25.4 Å². The topological polar surface area (TPSA) is 46.5 Å². The van der Waals surface area contributed by atoms with E-state index in [0.29, 0.717) is 11.6 Å². The summed E-state index contributed by atoms with van der Waals surface area (Å²) in [5.74, 6) is 0. The molecule has 0 unspecified atom stereocenters. The second-order valence-corrected chi connectivity index (χ2v) is 7.55. The Hall–Kier alpha value is -2.97. The average molecular weight is 466 g/mol. The van der Waals surface area contributed by atoms with Gasteiger partial charge >= 0.3 is 12.2 Å². The molecule has 0 aliphatic carbocycles. The van der Waals surface area contributed by atoms with Crippen LogP contribution in [0.4, 0.5) is 23.7 Å². The summed E-state index contributed by atoms with van der Waals surface area (Å²) in [6.07, 6.45) is -2.60. The summed E-state index contributed by atoms with van der Waals surface area (Å²) >= 11 is 6.27. The van der Waals surface area contributed by atoms with Gasteiger partial charge in [0.1, 0.15) is 0 Å². The van der Waals surface area contributed by atoms with Crippen LogP contribution in [0.3, 0.4) is 0 Å². The van der Waals surface area contributed by atoms with Crippen molar-refractivity contribution in [2.75, 3.05) is 25.6 Å². The molecule has 0 aliphatic heterocycles. The number of aromatic nitrogens is 1. The van der Waals surface area contributed by atoms with Gasteiger partial charge in [-0.25, -0.2) is 4.79 Å². The van der Waals surface area contributed by atoms with Crippen molar-refractivity contribution in [3.05, 3.63) is 88.7 Å². The fourth-order valence-electron chi connectivity index (χ4n) is 3.18. The van der Waals surface area contributed by atoms with Gasteiger partial charge in [-0.2, -0.15) is 13.2 Å². The molecule has 9 heteroatoms.